The van der Waals surface area contributed by atoms with Crippen molar-refractivity contribution in [3.63, 3.8) is 0 Å². The van der Waals surface area contributed by atoms with Gasteiger partial charge < -0.3 is 19.6 Å². The standard InChI is InChI=1S/C29H29N3O3/c1-18-8-6-14-32(17-18)15-7-13-30-22-16-24-27(31-21-11-4-5-12-23(21)35-24)26-25(22)28(33)19-9-2-3-10-20(19)29(26)34/h2-5,9-12,16,18,30-31H,6-8,13-15,17H2,1H3. The molecule has 1 aliphatic heterocycles. The summed E-state index contributed by atoms with van der Waals surface area (Å²) in [5.74, 6) is 0.751. The van der Waals surface area contributed by atoms with Crippen LogP contribution in [-0.4, -0.2) is 36.1 Å². The van der Waals surface area contributed by atoms with Gasteiger partial charge in [0.1, 0.15) is 0 Å². The Morgan fingerprint density at radius 2 is 1.74 bits per heavy atom. The average Bonchev–Trinajstić information content (AvgIpc) is 2.88. The molecule has 0 saturated carbocycles. The van der Waals surface area contributed by atoms with E-state index in [1.165, 1.54) is 12.8 Å². The van der Waals surface area contributed by atoms with E-state index in [2.05, 4.69) is 22.1 Å². The molecule has 35 heavy (non-hydrogen) atoms. The summed E-state index contributed by atoms with van der Waals surface area (Å²) in [4.78, 5) is 33.2. The second-order valence-electron chi connectivity index (χ2n) is 9.80. The summed E-state index contributed by atoms with van der Waals surface area (Å²) in [7, 11) is 0. The third-order valence-electron chi connectivity index (χ3n) is 7.24. The lowest BCUT2D eigenvalue weighted by Crippen LogP contribution is -2.35. The van der Waals surface area contributed by atoms with Crippen molar-refractivity contribution in [2.24, 2.45) is 5.92 Å². The maximum absolute atomic E-state index is 13.7. The summed E-state index contributed by atoms with van der Waals surface area (Å²) in [5, 5.41) is 5.17. The number of aromatic amines is 1. The molecule has 6 rings (SSSR count). The number of hydrogen-bond acceptors (Lipinski definition) is 5. The van der Waals surface area contributed by atoms with Crippen LogP contribution < -0.4 is 16.2 Å². The van der Waals surface area contributed by atoms with E-state index >= 15 is 0 Å². The first-order valence-corrected chi connectivity index (χ1v) is 12.5. The highest BCUT2D eigenvalue weighted by atomic mass is 16.3. The molecule has 1 aliphatic rings. The maximum Gasteiger partial charge on any atom is 0.196 e. The molecular weight excluding hydrogens is 438 g/mol. The van der Waals surface area contributed by atoms with E-state index in [4.69, 9.17) is 4.42 Å². The fourth-order valence-electron chi connectivity index (χ4n) is 5.54. The van der Waals surface area contributed by atoms with Crippen molar-refractivity contribution in [3.8, 4) is 0 Å². The highest BCUT2D eigenvalue weighted by molar-refractivity contribution is 6.14. The molecule has 2 heterocycles. The molecule has 1 saturated heterocycles. The highest BCUT2D eigenvalue weighted by Crippen LogP contribution is 2.31. The number of aromatic nitrogens is 1. The molecule has 0 aliphatic carbocycles. The van der Waals surface area contributed by atoms with E-state index in [9.17, 15) is 9.59 Å². The number of rotatable bonds is 5. The summed E-state index contributed by atoms with van der Waals surface area (Å²) in [6, 6.07) is 16.5. The number of piperidine rings is 1. The zero-order valence-electron chi connectivity index (χ0n) is 19.9. The number of benzene rings is 4. The van der Waals surface area contributed by atoms with Gasteiger partial charge in [0, 0.05) is 35.6 Å². The highest BCUT2D eigenvalue weighted by Gasteiger charge is 2.19. The fraction of sp³-hybridized carbons (Fsp3) is 0.310. The fourth-order valence-corrected chi connectivity index (χ4v) is 5.54. The van der Waals surface area contributed by atoms with Crippen LogP contribution in [0.3, 0.4) is 0 Å². The maximum atomic E-state index is 13.7. The lowest BCUT2D eigenvalue weighted by molar-refractivity contribution is 0.183. The van der Waals surface area contributed by atoms with Crippen molar-refractivity contribution in [2.75, 3.05) is 31.5 Å². The minimum absolute atomic E-state index is 0.133. The minimum Gasteiger partial charge on any atom is -0.453 e. The van der Waals surface area contributed by atoms with Gasteiger partial charge >= 0.3 is 0 Å². The summed E-state index contributed by atoms with van der Waals surface area (Å²) >= 11 is 0. The number of likely N-dealkylation sites (tertiary alicyclic amines) is 1. The number of H-pyrrole nitrogens is 1. The van der Waals surface area contributed by atoms with Crippen molar-refractivity contribution in [3.05, 3.63) is 75.0 Å². The average molecular weight is 468 g/mol. The molecule has 0 bridgehead atoms. The molecule has 6 heteroatoms. The van der Waals surface area contributed by atoms with Gasteiger partial charge in [-0.2, -0.15) is 0 Å². The zero-order valence-corrected chi connectivity index (χ0v) is 19.9. The first-order valence-electron chi connectivity index (χ1n) is 12.5. The SMILES string of the molecule is CC1CCCN(CCCNc2cc3oc4ccccc4[nH]c3c3c(=O)c4ccccc4c(=O)c23)C1. The van der Waals surface area contributed by atoms with Crippen LogP contribution in [0.5, 0.6) is 0 Å². The van der Waals surface area contributed by atoms with Crippen molar-refractivity contribution < 1.29 is 4.42 Å². The summed E-state index contributed by atoms with van der Waals surface area (Å²) in [5.41, 5.74) is 2.94. The Morgan fingerprint density at radius 3 is 2.54 bits per heavy atom. The molecule has 0 spiro atoms. The first-order chi connectivity index (χ1) is 17.1. The smallest absolute Gasteiger partial charge is 0.196 e. The first kappa shape index (κ1) is 21.9. The van der Waals surface area contributed by atoms with E-state index < -0.39 is 0 Å². The van der Waals surface area contributed by atoms with Crippen LogP contribution in [0, 0.1) is 5.92 Å². The lowest BCUT2D eigenvalue weighted by Gasteiger charge is -2.30. The molecule has 5 aromatic rings. The van der Waals surface area contributed by atoms with Gasteiger partial charge in [0.15, 0.2) is 22.0 Å². The molecular formula is C29H29N3O3. The van der Waals surface area contributed by atoms with Crippen molar-refractivity contribution >= 4 is 49.4 Å². The van der Waals surface area contributed by atoms with Gasteiger partial charge in [-0.1, -0.05) is 43.3 Å². The summed E-state index contributed by atoms with van der Waals surface area (Å²) in [6.45, 7) is 6.35. The molecule has 1 fully saturated rings. The third-order valence-corrected chi connectivity index (χ3v) is 7.24. The lowest BCUT2D eigenvalue weighted by atomic mass is 9.99. The number of anilines is 1. The Balaban J connectivity index is 1.47. The Morgan fingerprint density at radius 1 is 1.00 bits per heavy atom. The second-order valence-corrected chi connectivity index (χ2v) is 9.80. The van der Waals surface area contributed by atoms with Gasteiger partial charge in [-0.25, -0.2) is 0 Å². The van der Waals surface area contributed by atoms with E-state index in [1.54, 1.807) is 24.3 Å². The second kappa shape index (κ2) is 8.86. The van der Waals surface area contributed by atoms with Gasteiger partial charge in [0.2, 0.25) is 0 Å². The van der Waals surface area contributed by atoms with Gasteiger partial charge in [-0.05, 0) is 50.4 Å². The van der Waals surface area contributed by atoms with Gasteiger partial charge in [0.05, 0.1) is 21.8 Å². The molecule has 0 radical (unpaired) electrons. The predicted molar refractivity (Wildman–Crippen MR) is 144 cm³/mol. The number of para-hydroxylation sites is 2. The van der Waals surface area contributed by atoms with E-state index in [1.807, 2.05) is 30.3 Å². The molecule has 178 valence electrons. The summed E-state index contributed by atoms with van der Waals surface area (Å²) < 4.78 is 6.19. The van der Waals surface area contributed by atoms with Crippen LogP contribution in [0.2, 0.25) is 0 Å². The topological polar surface area (TPSA) is 78.3 Å². The van der Waals surface area contributed by atoms with Crippen molar-refractivity contribution in [1.82, 2.24) is 9.88 Å². The van der Waals surface area contributed by atoms with Crippen LogP contribution in [0.15, 0.2) is 68.6 Å². The quantitative estimate of drug-likeness (QED) is 0.203. The van der Waals surface area contributed by atoms with E-state index in [-0.39, 0.29) is 10.9 Å². The number of hydrogen-bond donors (Lipinski definition) is 2. The van der Waals surface area contributed by atoms with Crippen LogP contribution in [0.4, 0.5) is 5.69 Å². The van der Waals surface area contributed by atoms with Crippen molar-refractivity contribution in [1.29, 1.82) is 0 Å². The van der Waals surface area contributed by atoms with Crippen LogP contribution in [0.1, 0.15) is 26.2 Å². The minimum atomic E-state index is -0.159. The largest absolute Gasteiger partial charge is 0.453 e. The zero-order chi connectivity index (χ0) is 23.9. The van der Waals surface area contributed by atoms with Gasteiger partial charge in [0.25, 0.3) is 0 Å². The molecule has 2 N–H and O–H groups in total. The number of fused-ring (bicyclic) bond motifs is 5. The van der Waals surface area contributed by atoms with Crippen LogP contribution in [-0.2, 0) is 0 Å². The Labute approximate surface area is 202 Å². The van der Waals surface area contributed by atoms with Gasteiger partial charge in [-0.15, -0.1) is 0 Å². The molecule has 6 nitrogen and oxygen atoms in total. The Kier molecular flexibility index (Phi) is 5.53. The van der Waals surface area contributed by atoms with E-state index in [0.29, 0.717) is 50.5 Å². The molecule has 1 atom stereocenters. The normalized spacial score (nSPS) is 17.0. The van der Waals surface area contributed by atoms with Crippen LogP contribution >= 0.6 is 0 Å². The number of nitrogens with zero attached hydrogens (tertiary/aromatic N) is 1. The molecule has 0 amide bonds. The van der Waals surface area contributed by atoms with Gasteiger partial charge in [-0.3, -0.25) is 9.59 Å². The summed E-state index contributed by atoms with van der Waals surface area (Å²) in [6.07, 6.45) is 3.53. The Bertz CT molecular complexity index is 1680. The number of nitrogens with one attached hydrogen (secondary N) is 2. The molecule has 1 unspecified atom stereocenters. The monoisotopic (exact) mass is 467 g/mol. The Hall–Kier alpha value is -3.64. The molecule has 4 aromatic carbocycles. The van der Waals surface area contributed by atoms with Crippen LogP contribution in [0.25, 0.3) is 43.7 Å². The van der Waals surface area contributed by atoms with E-state index in [0.717, 1.165) is 37.5 Å². The molecule has 1 aromatic heterocycles. The predicted octanol–water partition coefficient (Wildman–Crippen LogP) is 5.47. The third kappa shape index (κ3) is 3.88. The van der Waals surface area contributed by atoms with Crippen molar-refractivity contribution in [2.45, 2.75) is 26.2 Å².